The van der Waals surface area contributed by atoms with Crippen LogP contribution in [0.15, 0.2) is 0 Å². The maximum Gasteiger partial charge on any atom is 0.0219 e. The Balaban J connectivity index is 2.38. The Kier molecular flexibility index (Phi) is 5.73. The second-order valence-electron chi connectivity index (χ2n) is 5.31. The summed E-state index contributed by atoms with van der Waals surface area (Å²) in [4.78, 5) is 5.07. The molecular formula is C13H29N3. The molecule has 96 valence electrons. The largest absolute Gasteiger partial charge is 0.313 e. The fourth-order valence-corrected chi connectivity index (χ4v) is 2.31. The molecule has 0 bridgehead atoms. The van der Waals surface area contributed by atoms with Crippen LogP contribution in [-0.2, 0) is 0 Å². The maximum absolute atomic E-state index is 3.60. The van der Waals surface area contributed by atoms with Gasteiger partial charge in [-0.2, -0.15) is 0 Å². The molecule has 1 aliphatic heterocycles. The van der Waals surface area contributed by atoms with Gasteiger partial charge in [-0.05, 0) is 40.8 Å². The van der Waals surface area contributed by atoms with Crippen molar-refractivity contribution in [3.05, 3.63) is 0 Å². The van der Waals surface area contributed by atoms with E-state index in [4.69, 9.17) is 0 Å². The number of rotatable bonds is 5. The first-order valence-corrected chi connectivity index (χ1v) is 6.74. The van der Waals surface area contributed by atoms with Gasteiger partial charge in [0.05, 0.1) is 0 Å². The Morgan fingerprint density at radius 3 is 2.56 bits per heavy atom. The molecule has 0 spiro atoms. The van der Waals surface area contributed by atoms with Crippen LogP contribution in [0.2, 0.25) is 0 Å². The van der Waals surface area contributed by atoms with Crippen molar-refractivity contribution in [2.45, 2.75) is 52.2 Å². The van der Waals surface area contributed by atoms with Crippen molar-refractivity contribution in [2.24, 2.45) is 0 Å². The highest BCUT2D eigenvalue weighted by Gasteiger charge is 2.26. The molecule has 0 radical (unpaired) electrons. The Morgan fingerprint density at radius 1 is 1.31 bits per heavy atom. The van der Waals surface area contributed by atoms with Crippen molar-refractivity contribution in [1.82, 2.24) is 15.1 Å². The third-order valence-electron chi connectivity index (χ3n) is 4.01. The van der Waals surface area contributed by atoms with Gasteiger partial charge in [0.1, 0.15) is 0 Å². The highest BCUT2D eigenvalue weighted by molar-refractivity contribution is 4.84. The van der Waals surface area contributed by atoms with Gasteiger partial charge in [-0.3, -0.25) is 4.90 Å². The Bertz CT molecular complexity index is 196. The number of hydrogen-bond donors (Lipinski definition) is 1. The molecule has 1 aliphatic rings. The van der Waals surface area contributed by atoms with E-state index in [1.165, 1.54) is 26.1 Å². The molecular weight excluding hydrogens is 198 g/mol. The topological polar surface area (TPSA) is 18.5 Å². The van der Waals surface area contributed by atoms with Crippen molar-refractivity contribution < 1.29 is 0 Å². The normalized spacial score (nSPS) is 27.9. The highest BCUT2D eigenvalue weighted by atomic mass is 15.3. The van der Waals surface area contributed by atoms with E-state index in [0.29, 0.717) is 18.1 Å². The van der Waals surface area contributed by atoms with E-state index >= 15 is 0 Å². The molecule has 0 aliphatic carbocycles. The Labute approximate surface area is 101 Å². The van der Waals surface area contributed by atoms with Crippen molar-refractivity contribution in [1.29, 1.82) is 0 Å². The average Bonchev–Trinajstić information content (AvgIpc) is 2.28. The van der Waals surface area contributed by atoms with Gasteiger partial charge in [-0.25, -0.2) is 0 Å². The van der Waals surface area contributed by atoms with E-state index in [9.17, 15) is 0 Å². The molecule has 0 aromatic rings. The summed E-state index contributed by atoms with van der Waals surface area (Å²) >= 11 is 0. The fourth-order valence-electron chi connectivity index (χ4n) is 2.31. The number of nitrogens with zero attached hydrogens (tertiary/aromatic N) is 2. The van der Waals surface area contributed by atoms with Gasteiger partial charge in [0, 0.05) is 37.8 Å². The zero-order chi connectivity index (χ0) is 12.1. The molecule has 1 heterocycles. The summed E-state index contributed by atoms with van der Waals surface area (Å²) in [6.07, 6.45) is 1.22. The van der Waals surface area contributed by atoms with Gasteiger partial charge in [0.25, 0.3) is 0 Å². The Morgan fingerprint density at radius 2 is 2.00 bits per heavy atom. The Hall–Kier alpha value is -0.120. The molecule has 1 fully saturated rings. The number of hydrogen-bond acceptors (Lipinski definition) is 3. The summed E-state index contributed by atoms with van der Waals surface area (Å²) in [5, 5.41) is 3.60. The van der Waals surface area contributed by atoms with Gasteiger partial charge >= 0.3 is 0 Å². The zero-order valence-corrected chi connectivity index (χ0v) is 11.7. The molecule has 3 atom stereocenters. The van der Waals surface area contributed by atoms with Crippen molar-refractivity contribution in [3.8, 4) is 0 Å². The van der Waals surface area contributed by atoms with Gasteiger partial charge in [0.2, 0.25) is 0 Å². The average molecular weight is 227 g/mol. The van der Waals surface area contributed by atoms with Gasteiger partial charge < -0.3 is 10.2 Å². The van der Waals surface area contributed by atoms with Crippen LogP contribution in [0, 0.1) is 0 Å². The lowest BCUT2D eigenvalue weighted by molar-refractivity contribution is 0.0659. The van der Waals surface area contributed by atoms with Crippen molar-refractivity contribution >= 4 is 0 Å². The molecule has 1 saturated heterocycles. The van der Waals surface area contributed by atoms with Crippen LogP contribution < -0.4 is 5.32 Å². The van der Waals surface area contributed by atoms with Gasteiger partial charge in [0.15, 0.2) is 0 Å². The summed E-state index contributed by atoms with van der Waals surface area (Å²) < 4.78 is 0. The van der Waals surface area contributed by atoms with Crippen LogP contribution >= 0.6 is 0 Å². The summed E-state index contributed by atoms with van der Waals surface area (Å²) in [6, 6.07) is 1.92. The minimum absolute atomic E-state index is 0.593. The summed E-state index contributed by atoms with van der Waals surface area (Å²) in [7, 11) is 2.23. The zero-order valence-electron chi connectivity index (χ0n) is 11.7. The molecule has 0 amide bonds. The molecule has 3 nitrogen and oxygen atoms in total. The highest BCUT2D eigenvalue weighted by Crippen LogP contribution is 2.12. The summed E-state index contributed by atoms with van der Waals surface area (Å²) in [6.45, 7) is 14.0. The van der Waals surface area contributed by atoms with E-state index in [1.807, 2.05) is 0 Å². The van der Waals surface area contributed by atoms with E-state index < -0.39 is 0 Å². The monoisotopic (exact) mass is 227 g/mol. The van der Waals surface area contributed by atoms with Crippen LogP contribution in [0.3, 0.4) is 0 Å². The van der Waals surface area contributed by atoms with E-state index in [-0.39, 0.29) is 0 Å². The van der Waals surface area contributed by atoms with Crippen LogP contribution in [0.1, 0.15) is 34.1 Å². The lowest BCUT2D eigenvalue weighted by Crippen LogP contribution is -2.57. The first-order valence-electron chi connectivity index (χ1n) is 6.74. The lowest BCUT2D eigenvalue weighted by atomic mass is 10.1. The molecule has 0 aromatic carbocycles. The quantitative estimate of drug-likeness (QED) is 0.766. The summed E-state index contributed by atoms with van der Waals surface area (Å²) in [5.41, 5.74) is 0. The SMILES string of the molecule is CCCNC(C)C(C)N1CCN(C)C(C)C1. The third-order valence-corrected chi connectivity index (χ3v) is 4.01. The second kappa shape index (κ2) is 6.58. The predicted octanol–water partition coefficient (Wildman–Crippen LogP) is 1.40. The second-order valence-corrected chi connectivity index (χ2v) is 5.31. The van der Waals surface area contributed by atoms with Gasteiger partial charge in [-0.15, -0.1) is 0 Å². The molecule has 3 unspecified atom stereocenters. The first-order chi connectivity index (χ1) is 7.56. The molecule has 16 heavy (non-hydrogen) atoms. The van der Waals surface area contributed by atoms with E-state index in [1.54, 1.807) is 0 Å². The van der Waals surface area contributed by atoms with E-state index in [2.05, 4.69) is 49.9 Å². The van der Waals surface area contributed by atoms with Crippen molar-refractivity contribution in [2.75, 3.05) is 33.2 Å². The molecule has 3 heteroatoms. The maximum atomic E-state index is 3.60. The smallest absolute Gasteiger partial charge is 0.0219 e. The fraction of sp³-hybridized carbons (Fsp3) is 1.00. The molecule has 1 N–H and O–H groups in total. The first kappa shape index (κ1) is 13.9. The predicted molar refractivity (Wildman–Crippen MR) is 70.9 cm³/mol. The van der Waals surface area contributed by atoms with Crippen LogP contribution in [0.4, 0.5) is 0 Å². The summed E-state index contributed by atoms with van der Waals surface area (Å²) in [5.74, 6) is 0. The van der Waals surface area contributed by atoms with Crippen LogP contribution in [0.25, 0.3) is 0 Å². The minimum Gasteiger partial charge on any atom is -0.313 e. The van der Waals surface area contributed by atoms with Crippen molar-refractivity contribution in [3.63, 3.8) is 0 Å². The van der Waals surface area contributed by atoms with Crippen LogP contribution in [0.5, 0.6) is 0 Å². The molecule has 0 saturated carbocycles. The third kappa shape index (κ3) is 3.72. The molecule has 1 rings (SSSR count). The van der Waals surface area contributed by atoms with E-state index in [0.717, 1.165) is 6.54 Å². The minimum atomic E-state index is 0.593. The number of nitrogens with one attached hydrogen (secondary N) is 1. The standard InChI is InChI=1S/C13H29N3/c1-6-7-14-12(3)13(4)16-9-8-15(5)11(2)10-16/h11-14H,6-10H2,1-5H3. The lowest BCUT2D eigenvalue weighted by Gasteiger charge is -2.42. The van der Waals surface area contributed by atoms with Crippen LogP contribution in [-0.4, -0.2) is 61.2 Å². The number of piperazine rings is 1. The van der Waals surface area contributed by atoms with Gasteiger partial charge in [-0.1, -0.05) is 6.92 Å². The molecule has 0 aromatic heterocycles. The number of likely N-dealkylation sites (N-methyl/N-ethyl adjacent to an activating group) is 1.